The molecule has 0 bridgehead atoms. The van der Waals surface area contributed by atoms with E-state index in [2.05, 4.69) is 4.72 Å². The molecule has 0 aromatic heterocycles. The highest BCUT2D eigenvalue weighted by molar-refractivity contribution is 7.89. The van der Waals surface area contributed by atoms with Crippen LogP contribution in [0, 0.1) is 11.3 Å². The Bertz CT molecular complexity index is 771. The standard InChI is InChI=1S/C15H15BN2O2S.2H2O/c16-14-6-4-12(5-7-14)8-9-18-21(19,20)15-3-1-2-13(10-15)11-17;;/h1-7,10,18H,8-9,16H2;2*1H2. The van der Waals surface area contributed by atoms with Crippen molar-refractivity contribution >= 4 is 23.3 Å². The molecule has 0 aliphatic heterocycles. The summed E-state index contributed by atoms with van der Waals surface area (Å²) >= 11 is 0. The molecule has 122 valence electrons. The molecule has 6 nitrogen and oxygen atoms in total. The Labute approximate surface area is 136 Å². The van der Waals surface area contributed by atoms with Crippen molar-refractivity contribution in [1.29, 1.82) is 5.26 Å². The molecule has 0 radical (unpaired) electrons. The third-order valence-corrected chi connectivity index (χ3v) is 4.56. The predicted octanol–water partition coefficient (Wildman–Crippen LogP) is -1.31. The Morgan fingerprint density at radius 1 is 1.09 bits per heavy atom. The fourth-order valence-corrected chi connectivity index (χ4v) is 2.98. The van der Waals surface area contributed by atoms with Crippen LogP contribution >= 0.6 is 0 Å². The lowest BCUT2D eigenvalue weighted by Gasteiger charge is -2.07. The summed E-state index contributed by atoms with van der Waals surface area (Å²) in [6, 6.07) is 15.9. The fraction of sp³-hybridized carbons (Fsp3) is 0.133. The molecule has 0 aliphatic rings. The summed E-state index contributed by atoms with van der Waals surface area (Å²) in [5.74, 6) is 0. The summed E-state index contributed by atoms with van der Waals surface area (Å²) in [7, 11) is -1.56. The number of nitrogens with one attached hydrogen (secondary N) is 1. The van der Waals surface area contributed by atoms with Gasteiger partial charge >= 0.3 is 0 Å². The monoisotopic (exact) mass is 334 g/mol. The zero-order valence-corrected chi connectivity index (χ0v) is 13.5. The van der Waals surface area contributed by atoms with Crippen LogP contribution in [0.2, 0.25) is 0 Å². The van der Waals surface area contributed by atoms with Crippen LogP contribution in [0.15, 0.2) is 53.4 Å². The maximum atomic E-state index is 12.1. The van der Waals surface area contributed by atoms with E-state index in [1.807, 2.05) is 38.2 Å². The van der Waals surface area contributed by atoms with Crippen LogP contribution in [0.1, 0.15) is 11.1 Å². The average Bonchev–Trinajstić information content (AvgIpc) is 2.49. The average molecular weight is 334 g/mol. The number of hydrogen-bond acceptors (Lipinski definition) is 3. The Morgan fingerprint density at radius 2 is 1.74 bits per heavy atom. The van der Waals surface area contributed by atoms with Crippen molar-refractivity contribution in [3.05, 3.63) is 59.7 Å². The van der Waals surface area contributed by atoms with E-state index in [1.165, 1.54) is 17.6 Å². The Morgan fingerprint density at radius 3 is 2.35 bits per heavy atom. The Kier molecular flexibility index (Phi) is 8.22. The Balaban J connectivity index is 0.00000242. The summed E-state index contributed by atoms with van der Waals surface area (Å²) in [6.07, 6.45) is 0.622. The molecule has 0 aliphatic carbocycles. The van der Waals surface area contributed by atoms with Crippen LogP contribution in [-0.2, 0) is 16.4 Å². The smallest absolute Gasteiger partial charge is 0.240 e. The zero-order valence-electron chi connectivity index (χ0n) is 12.7. The minimum absolute atomic E-state index is 0. The summed E-state index contributed by atoms with van der Waals surface area (Å²) in [4.78, 5) is 0.116. The van der Waals surface area contributed by atoms with Gasteiger partial charge in [-0.05, 0) is 30.2 Å². The molecule has 2 rings (SSSR count). The topological polar surface area (TPSA) is 133 Å². The second kappa shape index (κ2) is 9.07. The molecule has 2 aromatic carbocycles. The Hall–Kier alpha value is -2.18. The van der Waals surface area contributed by atoms with E-state index in [-0.39, 0.29) is 15.8 Å². The van der Waals surface area contributed by atoms with Crippen LogP contribution in [0.5, 0.6) is 0 Å². The van der Waals surface area contributed by atoms with Gasteiger partial charge in [0.15, 0.2) is 0 Å². The molecule has 0 saturated heterocycles. The second-order valence-electron chi connectivity index (χ2n) is 4.77. The van der Waals surface area contributed by atoms with E-state index in [0.29, 0.717) is 18.5 Å². The minimum atomic E-state index is -3.57. The van der Waals surface area contributed by atoms with Gasteiger partial charge in [-0.1, -0.05) is 35.8 Å². The molecular formula is C15H19BN2O4S. The molecule has 0 spiro atoms. The maximum Gasteiger partial charge on any atom is 0.240 e. The van der Waals surface area contributed by atoms with Gasteiger partial charge in [-0.2, -0.15) is 5.26 Å². The maximum absolute atomic E-state index is 12.1. The molecule has 23 heavy (non-hydrogen) atoms. The van der Waals surface area contributed by atoms with Gasteiger partial charge in [0.05, 0.1) is 16.5 Å². The molecule has 0 amide bonds. The van der Waals surface area contributed by atoms with Gasteiger partial charge in [-0.3, -0.25) is 0 Å². The number of nitrogens with zero attached hydrogens (tertiary/aromatic N) is 1. The zero-order chi connectivity index (χ0) is 15.3. The molecule has 0 unspecified atom stereocenters. The van der Waals surface area contributed by atoms with E-state index in [4.69, 9.17) is 5.26 Å². The van der Waals surface area contributed by atoms with Crippen molar-refractivity contribution in [3.8, 4) is 6.07 Å². The lowest BCUT2D eigenvalue weighted by Crippen LogP contribution is -2.26. The molecule has 8 heteroatoms. The van der Waals surface area contributed by atoms with Gasteiger partial charge in [0.2, 0.25) is 10.0 Å². The SMILES string of the molecule is Bc1ccc(CCNS(=O)(=O)c2cccc(C#N)c2)cc1.O.O. The van der Waals surface area contributed by atoms with Crippen LogP contribution in [0.25, 0.3) is 0 Å². The largest absolute Gasteiger partial charge is 0.412 e. The highest BCUT2D eigenvalue weighted by atomic mass is 32.2. The molecule has 0 atom stereocenters. The lowest BCUT2D eigenvalue weighted by atomic mass is 9.95. The quantitative estimate of drug-likeness (QED) is 0.680. The van der Waals surface area contributed by atoms with Crippen molar-refractivity contribution in [2.45, 2.75) is 11.3 Å². The summed E-state index contributed by atoms with van der Waals surface area (Å²) in [6.45, 7) is 0.322. The summed E-state index contributed by atoms with van der Waals surface area (Å²) in [5.41, 5.74) is 2.58. The highest BCUT2D eigenvalue weighted by Gasteiger charge is 2.13. The third-order valence-electron chi connectivity index (χ3n) is 3.10. The number of sulfonamides is 1. The van der Waals surface area contributed by atoms with Crippen LogP contribution < -0.4 is 10.2 Å². The van der Waals surface area contributed by atoms with Gasteiger partial charge in [0, 0.05) is 6.54 Å². The van der Waals surface area contributed by atoms with E-state index in [0.717, 1.165) is 5.56 Å². The highest BCUT2D eigenvalue weighted by Crippen LogP contribution is 2.10. The van der Waals surface area contributed by atoms with E-state index in [1.54, 1.807) is 12.1 Å². The fourth-order valence-electron chi connectivity index (χ4n) is 1.90. The van der Waals surface area contributed by atoms with Crippen molar-refractivity contribution in [2.24, 2.45) is 0 Å². The van der Waals surface area contributed by atoms with E-state index in [9.17, 15) is 8.42 Å². The van der Waals surface area contributed by atoms with Crippen molar-refractivity contribution in [1.82, 2.24) is 4.72 Å². The summed E-state index contributed by atoms with van der Waals surface area (Å²) in [5, 5.41) is 8.81. The number of nitriles is 1. The molecular weight excluding hydrogens is 315 g/mol. The van der Waals surface area contributed by atoms with Gasteiger partial charge < -0.3 is 11.0 Å². The second-order valence-corrected chi connectivity index (χ2v) is 6.54. The van der Waals surface area contributed by atoms with E-state index >= 15 is 0 Å². The molecule has 5 N–H and O–H groups in total. The molecule has 0 heterocycles. The van der Waals surface area contributed by atoms with E-state index < -0.39 is 10.0 Å². The first-order chi connectivity index (χ1) is 10.0. The van der Waals surface area contributed by atoms with Gasteiger partial charge in [-0.25, -0.2) is 13.1 Å². The van der Waals surface area contributed by atoms with Crippen molar-refractivity contribution in [2.75, 3.05) is 6.54 Å². The normalized spacial score (nSPS) is 10.0. The molecule has 0 fully saturated rings. The predicted molar refractivity (Wildman–Crippen MR) is 91.9 cm³/mol. The minimum Gasteiger partial charge on any atom is -0.412 e. The van der Waals surface area contributed by atoms with Crippen molar-refractivity contribution in [3.63, 3.8) is 0 Å². The number of rotatable bonds is 5. The van der Waals surface area contributed by atoms with Crippen molar-refractivity contribution < 1.29 is 19.4 Å². The van der Waals surface area contributed by atoms with Crippen LogP contribution in [0.4, 0.5) is 0 Å². The lowest BCUT2D eigenvalue weighted by molar-refractivity contribution is 0.581. The van der Waals surface area contributed by atoms with Crippen LogP contribution in [0.3, 0.4) is 0 Å². The number of benzene rings is 2. The third kappa shape index (κ3) is 5.85. The first-order valence-electron chi connectivity index (χ1n) is 6.57. The summed E-state index contributed by atoms with van der Waals surface area (Å²) < 4.78 is 26.8. The first kappa shape index (κ1) is 20.8. The van der Waals surface area contributed by atoms with Crippen LogP contribution in [-0.4, -0.2) is 33.8 Å². The molecule has 2 aromatic rings. The van der Waals surface area contributed by atoms with Gasteiger partial charge in [0.1, 0.15) is 7.85 Å². The van der Waals surface area contributed by atoms with Gasteiger partial charge in [0.25, 0.3) is 0 Å². The van der Waals surface area contributed by atoms with Gasteiger partial charge in [-0.15, -0.1) is 0 Å². The first-order valence-corrected chi connectivity index (χ1v) is 8.05. The molecule has 0 saturated carbocycles. The number of hydrogen-bond donors (Lipinski definition) is 1.